The predicted molar refractivity (Wildman–Crippen MR) is 151 cm³/mol. The Labute approximate surface area is 231 Å². The lowest BCUT2D eigenvalue weighted by atomic mass is 9.95. The van der Waals surface area contributed by atoms with Gasteiger partial charge < -0.3 is 26.2 Å². The first-order valence-electron chi connectivity index (χ1n) is 13.9. The first-order valence-corrected chi connectivity index (χ1v) is 13.9. The summed E-state index contributed by atoms with van der Waals surface area (Å²) in [4.78, 5) is 42.6. The summed E-state index contributed by atoms with van der Waals surface area (Å²) in [7, 11) is 0. The molecular weight excluding hydrogens is 496 g/mol. The van der Waals surface area contributed by atoms with Crippen molar-refractivity contribution in [2.45, 2.75) is 90.0 Å². The maximum Gasteiger partial charge on any atom is 0.253 e. The highest BCUT2D eigenvalue weighted by Gasteiger charge is 2.32. The number of aromatic nitrogens is 1. The van der Waals surface area contributed by atoms with Gasteiger partial charge in [0.2, 0.25) is 11.8 Å². The molecule has 9 nitrogen and oxygen atoms in total. The van der Waals surface area contributed by atoms with Gasteiger partial charge in [-0.1, -0.05) is 76.8 Å². The molecule has 39 heavy (non-hydrogen) atoms. The number of carbonyl (C=O) groups is 3. The minimum atomic E-state index is -1.41. The molecule has 0 saturated heterocycles. The number of aliphatic hydroxyl groups is 2. The van der Waals surface area contributed by atoms with Gasteiger partial charge >= 0.3 is 0 Å². The molecule has 0 bridgehead atoms. The van der Waals surface area contributed by atoms with Gasteiger partial charge in [0.1, 0.15) is 12.1 Å². The molecule has 0 aliphatic heterocycles. The van der Waals surface area contributed by atoms with E-state index in [4.69, 9.17) is 0 Å². The lowest BCUT2D eigenvalue weighted by Gasteiger charge is -2.30. The second-order valence-electron chi connectivity index (χ2n) is 10.4. The zero-order chi connectivity index (χ0) is 28.6. The molecule has 0 fully saturated rings. The normalized spacial score (nSPS) is 14.2. The quantitative estimate of drug-likeness (QED) is 0.196. The fourth-order valence-electron chi connectivity index (χ4n) is 4.16. The fourth-order valence-corrected chi connectivity index (χ4v) is 4.16. The van der Waals surface area contributed by atoms with E-state index in [0.29, 0.717) is 18.5 Å². The summed E-state index contributed by atoms with van der Waals surface area (Å²) in [6.07, 6.45) is 4.27. The van der Waals surface area contributed by atoms with Crippen LogP contribution < -0.4 is 16.0 Å². The largest absolute Gasteiger partial charge is 0.390 e. The van der Waals surface area contributed by atoms with Crippen LogP contribution in [0.3, 0.4) is 0 Å². The molecule has 9 heteroatoms. The Hall–Kier alpha value is -3.30. The van der Waals surface area contributed by atoms with Gasteiger partial charge in [-0.3, -0.25) is 19.4 Å². The first kappa shape index (κ1) is 31.9. The number of pyridine rings is 1. The number of hydrogen-bond donors (Lipinski definition) is 5. The molecule has 3 amide bonds. The zero-order valence-electron chi connectivity index (χ0n) is 23.3. The van der Waals surface area contributed by atoms with E-state index in [9.17, 15) is 24.6 Å². The van der Waals surface area contributed by atoms with Crippen molar-refractivity contribution in [1.29, 1.82) is 0 Å². The van der Waals surface area contributed by atoms with Crippen molar-refractivity contribution >= 4 is 17.7 Å². The van der Waals surface area contributed by atoms with Crippen LogP contribution in [0, 0.1) is 5.92 Å². The summed E-state index contributed by atoms with van der Waals surface area (Å²) >= 11 is 0. The van der Waals surface area contributed by atoms with Crippen LogP contribution in [0.2, 0.25) is 0 Å². The van der Waals surface area contributed by atoms with Crippen LogP contribution in [0.1, 0.15) is 75.2 Å². The minimum absolute atomic E-state index is 0.234. The van der Waals surface area contributed by atoms with Crippen LogP contribution in [0.5, 0.6) is 0 Å². The summed E-state index contributed by atoms with van der Waals surface area (Å²) in [5.74, 6) is -1.00. The molecule has 214 valence electrons. The Morgan fingerprint density at radius 3 is 2.33 bits per heavy atom. The zero-order valence-corrected chi connectivity index (χ0v) is 23.3. The average Bonchev–Trinajstić information content (AvgIpc) is 2.93. The van der Waals surface area contributed by atoms with Crippen molar-refractivity contribution in [1.82, 2.24) is 20.9 Å². The molecule has 5 N–H and O–H groups in total. The smallest absolute Gasteiger partial charge is 0.253 e. The van der Waals surface area contributed by atoms with Gasteiger partial charge in [-0.25, -0.2) is 0 Å². The molecule has 4 atom stereocenters. The first-order chi connectivity index (χ1) is 18.7. The van der Waals surface area contributed by atoms with E-state index >= 15 is 0 Å². The highest BCUT2D eigenvalue weighted by molar-refractivity contribution is 5.97. The second-order valence-corrected chi connectivity index (χ2v) is 10.4. The lowest BCUT2D eigenvalue weighted by Crippen LogP contribution is -2.55. The molecule has 0 aliphatic rings. The summed E-state index contributed by atoms with van der Waals surface area (Å²) in [5.41, 5.74) is 1.18. The Morgan fingerprint density at radius 1 is 0.949 bits per heavy atom. The van der Waals surface area contributed by atoms with Crippen LogP contribution in [-0.4, -0.2) is 63.8 Å². The number of amides is 3. The van der Waals surface area contributed by atoms with E-state index in [-0.39, 0.29) is 24.7 Å². The van der Waals surface area contributed by atoms with Crippen LogP contribution in [0.15, 0.2) is 54.9 Å². The molecule has 1 heterocycles. The van der Waals surface area contributed by atoms with Crippen molar-refractivity contribution in [2.24, 2.45) is 5.92 Å². The highest BCUT2D eigenvalue weighted by atomic mass is 16.3. The topological polar surface area (TPSA) is 141 Å². The van der Waals surface area contributed by atoms with Gasteiger partial charge in [-0.05, 0) is 36.5 Å². The van der Waals surface area contributed by atoms with Crippen molar-refractivity contribution < 1.29 is 24.6 Å². The molecule has 1 aromatic carbocycles. The molecule has 2 aromatic rings. The van der Waals surface area contributed by atoms with Gasteiger partial charge in [0.15, 0.2) is 0 Å². The predicted octanol–water partition coefficient (Wildman–Crippen LogP) is 2.76. The van der Waals surface area contributed by atoms with Gasteiger partial charge in [0.05, 0.1) is 24.1 Å². The van der Waals surface area contributed by atoms with Gasteiger partial charge in [-0.15, -0.1) is 0 Å². The number of unbranched alkanes of at least 4 members (excludes halogenated alkanes) is 3. The highest BCUT2D eigenvalue weighted by Crippen LogP contribution is 2.13. The van der Waals surface area contributed by atoms with Crippen molar-refractivity contribution in [3.63, 3.8) is 0 Å². The molecule has 1 aromatic heterocycles. The lowest BCUT2D eigenvalue weighted by molar-refractivity contribution is -0.127. The summed E-state index contributed by atoms with van der Waals surface area (Å²) < 4.78 is 0. The van der Waals surface area contributed by atoms with Gasteiger partial charge in [-0.2, -0.15) is 0 Å². The number of benzene rings is 1. The molecule has 0 aliphatic carbocycles. The van der Waals surface area contributed by atoms with Gasteiger partial charge in [0.25, 0.3) is 5.91 Å². The third-order valence-electron chi connectivity index (χ3n) is 6.43. The van der Waals surface area contributed by atoms with E-state index in [1.54, 1.807) is 18.3 Å². The number of carbonyl (C=O) groups excluding carboxylic acids is 3. The molecule has 0 radical (unpaired) electrons. The van der Waals surface area contributed by atoms with Crippen molar-refractivity contribution in [2.75, 3.05) is 6.54 Å². The van der Waals surface area contributed by atoms with Crippen LogP contribution >= 0.6 is 0 Å². The third-order valence-corrected chi connectivity index (χ3v) is 6.43. The maximum atomic E-state index is 13.5. The average molecular weight is 541 g/mol. The number of aliphatic hydroxyl groups excluding tert-OH is 2. The monoisotopic (exact) mass is 540 g/mol. The van der Waals surface area contributed by atoms with E-state index in [2.05, 4.69) is 27.9 Å². The Bertz CT molecular complexity index is 1000. The number of nitrogens with zero attached hydrogens (tertiary/aromatic N) is 1. The standard InChI is InChI=1S/C30H44N4O5/c1-4-5-6-10-15-24(33-29(38)23-14-11-16-31-20-23)30(39)34-25(17-22-12-8-7-9-13-22)28(37)26(35)18-27(36)32-19-21(2)3/h7-9,11-14,16,20-21,24-26,28,35,37H,4-6,10,15,17-19H2,1-3H3,(H,32,36)(H,33,38)(H,34,39)/t24?,25-,26+,28+/m0/s1. The van der Waals surface area contributed by atoms with E-state index < -0.39 is 36.1 Å². The minimum Gasteiger partial charge on any atom is -0.390 e. The number of hydrogen-bond acceptors (Lipinski definition) is 6. The Balaban J connectivity index is 2.18. The molecular formula is C30H44N4O5. The molecule has 0 spiro atoms. The summed E-state index contributed by atoms with van der Waals surface area (Å²) in [6.45, 7) is 6.48. The van der Waals surface area contributed by atoms with Crippen LogP contribution in [0.25, 0.3) is 0 Å². The SMILES string of the molecule is CCCCCCC(NC(=O)c1cccnc1)C(=O)N[C@@H](Cc1ccccc1)[C@@H](O)[C@H](O)CC(=O)NCC(C)C. The fraction of sp³-hybridized carbons (Fsp3) is 0.533. The van der Waals surface area contributed by atoms with Crippen LogP contribution in [0.4, 0.5) is 0 Å². The van der Waals surface area contributed by atoms with Crippen LogP contribution in [-0.2, 0) is 16.0 Å². The van der Waals surface area contributed by atoms with E-state index in [1.165, 1.54) is 6.20 Å². The summed E-state index contributed by atoms with van der Waals surface area (Å²) in [5, 5.41) is 30.2. The number of rotatable bonds is 17. The molecule has 0 saturated carbocycles. The second kappa shape index (κ2) is 17.3. The maximum absolute atomic E-state index is 13.5. The molecule has 1 unspecified atom stereocenters. The number of nitrogens with one attached hydrogen (secondary N) is 3. The van der Waals surface area contributed by atoms with E-state index in [0.717, 1.165) is 31.2 Å². The Kier molecular flexibility index (Phi) is 14.2. The van der Waals surface area contributed by atoms with Crippen molar-refractivity contribution in [3.05, 3.63) is 66.0 Å². The van der Waals surface area contributed by atoms with Gasteiger partial charge in [0, 0.05) is 18.9 Å². The third kappa shape index (κ3) is 12.0. The summed E-state index contributed by atoms with van der Waals surface area (Å²) in [6, 6.07) is 10.8. The Morgan fingerprint density at radius 2 is 1.69 bits per heavy atom. The van der Waals surface area contributed by atoms with E-state index in [1.807, 2.05) is 44.2 Å². The van der Waals surface area contributed by atoms with Crippen molar-refractivity contribution in [3.8, 4) is 0 Å². The molecule has 2 rings (SSSR count).